The quantitative estimate of drug-likeness (QED) is 0.803. The maximum atomic E-state index is 11.6. The topological polar surface area (TPSA) is 41.6 Å². The lowest BCUT2D eigenvalue weighted by atomic mass is 10.3. The molecule has 0 unspecified atom stereocenters. The van der Waals surface area contributed by atoms with E-state index in [0.717, 1.165) is 51.4 Å². The van der Waals surface area contributed by atoms with Crippen LogP contribution in [0.3, 0.4) is 0 Å². The lowest BCUT2D eigenvalue weighted by molar-refractivity contribution is 0.0374. The molecule has 1 fully saturated rings. The van der Waals surface area contributed by atoms with Gasteiger partial charge in [0, 0.05) is 30.6 Å². The Kier molecular flexibility index (Phi) is 4.97. The summed E-state index contributed by atoms with van der Waals surface area (Å²) < 4.78 is 5.28. The number of hydrogen-bond donors (Lipinski definition) is 1. The van der Waals surface area contributed by atoms with Crippen LogP contribution in [-0.4, -0.2) is 50.2 Å². The van der Waals surface area contributed by atoms with Crippen LogP contribution >= 0.6 is 11.3 Å². The molecule has 94 valence electrons. The van der Waals surface area contributed by atoms with Crippen LogP contribution < -0.4 is 5.32 Å². The first kappa shape index (κ1) is 12.5. The zero-order valence-corrected chi connectivity index (χ0v) is 10.7. The normalized spacial score (nSPS) is 16.9. The number of rotatable bonds is 5. The molecule has 0 radical (unpaired) electrons. The Hall–Kier alpha value is -0.910. The van der Waals surface area contributed by atoms with Gasteiger partial charge in [-0.15, -0.1) is 0 Å². The summed E-state index contributed by atoms with van der Waals surface area (Å²) in [6, 6.07) is 1.85. The Morgan fingerprint density at radius 2 is 2.29 bits per heavy atom. The molecule has 0 bridgehead atoms. The molecule has 1 amide bonds. The van der Waals surface area contributed by atoms with E-state index in [-0.39, 0.29) is 5.91 Å². The van der Waals surface area contributed by atoms with Crippen molar-refractivity contribution in [2.45, 2.75) is 6.42 Å². The molecule has 0 aromatic carbocycles. The van der Waals surface area contributed by atoms with Gasteiger partial charge in [-0.05, 0) is 24.4 Å². The molecular formula is C12H18N2O2S. The number of carbonyl (C=O) groups excluding carboxylic acids is 1. The van der Waals surface area contributed by atoms with E-state index in [4.69, 9.17) is 4.74 Å². The van der Waals surface area contributed by atoms with E-state index in [0.29, 0.717) is 0 Å². The summed E-state index contributed by atoms with van der Waals surface area (Å²) in [6.07, 6.45) is 0.996. The minimum Gasteiger partial charge on any atom is -0.379 e. The van der Waals surface area contributed by atoms with Crippen LogP contribution in [0.2, 0.25) is 0 Å². The first-order chi connectivity index (χ1) is 8.36. The zero-order chi connectivity index (χ0) is 11.9. The molecule has 1 aliphatic heterocycles. The van der Waals surface area contributed by atoms with Crippen molar-refractivity contribution in [3.05, 3.63) is 22.4 Å². The van der Waals surface area contributed by atoms with Gasteiger partial charge < -0.3 is 10.1 Å². The summed E-state index contributed by atoms with van der Waals surface area (Å²) in [6.45, 7) is 5.47. The SMILES string of the molecule is O=C(NCCCN1CCOCC1)c1ccsc1. The molecule has 1 N–H and O–H groups in total. The molecule has 0 spiro atoms. The van der Waals surface area contributed by atoms with Gasteiger partial charge in [-0.2, -0.15) is 11.3 Å². The van der Waals surface area contributed by atoms with Crippen LogP contribution in [0.1, 0.15) is 16.8 Å². The molecule has 0 saturated carbocycles. The average molecular weight is 254 g/mol. The first-order valence-electron chi connectivity index (χ1n) is 5.97. The lowest BCUT2D eigenvalue weighted by Crippen LogP contribution is -2.38. The van der Waals surface area contributed by atoms with Crippen LogP contribution in [0, 0.1) is 0 Å². The Bertz CT molecular complexity index is 334. The van der Waals surface area contributed by atoms with Crippen molar-refractivity contribution < 1.29 is 9.53 Å². The van der Waals surface area contributed by atoms with Crippen LogP contribution in [-0.2, 0) is 4.74 Å². The summed E-state index contributed by atoms with van der Waals surface area (Å²) in [7, 11) is 0. The molecule has 1 aliphatic rings. The number of morpholine rings is 1. The summed E-state index contributed by atoms with van der Waals surface area (Å²) in [4.78, 5) is 14.0. The van der Waals surface area contributed by atoms with Crippen molar-refractivity contribution in [2.24, 2.45) is 0 Å². The molecule has 4 nitrogen and oxygen atoms in total. The minimum absolute atomic E-state index is 0.0354. The van der Waals surface area contributed by atoms with Gasteiger partial charge in [-0.25, -0.2) is 0 Å². The maximum Gasteiger partial charge on any atom is 0.252 e. The monoisotopic (exact) mass is 254 g/mol. The fraction of sp³-hybridized carbons (Fsp3) is 0.583. The number of nitrogens with one attached hydrogen (secondary N) is 1. The first-order valence-corrected chi connectivity index (χ1v) is 6.91. The number of thiophene rings is 1. The Morgan fingerprint density at radius 3 is 3.00 bits per heavy atom. The molecule has 1 saturated heterocycles. The lowest BCUT2D eigenvalue weighted by Gasteiger charge is -2.26. The highest BCUT2D eigenvalue weighted by molar-refractivity contribution is 7.08. The average Bonchev–Trinajstić information content (AvgIpc) is 2.89. The van der Waals surface area contributed by atoms with E-state index in [1.807, 2.05) is 16.8 Å². The third-order valence-corrected chi connectivity index (χ3v) is 3.51. The molecule has 5 heteroatoms. The highest BCUT2D eigenvalue weighted by atomic mass is 32.1. The molecule has 1 aromatic rings. The van der Waals surface area contributed by atoms with Gasteiger partial charge in [0.25, 0.3) is 5.91 Å². The molecular weight excluding hydrogens is 236 g/mol. The third kappa shape index (κ3) is 4.11. The highest BCUT2D eigenvalue weighted by Gasteiger charge is 2.09. The van der Waals surface area contributed by atoms with Crippen molar-refractivity contribution in [3.63, 3.8) is 0 Å². The number of amides is 1. The van der Waals surface area contributed by atoms with Crippen molar-refractivity contribution in [1.82, 2.24) is 10.2 Å². The van der Waals surface area contributed by atoms with Gasteiger partial charge in [-0.1, -0.05) is 0 Å². The van der Waals surface area contributed by atoms with E-state index >= 15 is 0 Å². The molecule has 17 heavy (non-hydrogen) atoms. The predicted molar refractivity (Wildman–Crippen MR) is 68.5 cm³/mol. The number of ether oxygens (including phenoxy) is 1. The number of carbonyl (C=O) groups is 1. The second-order valence-corrected chi connectivity index (χ2v) is 4.86. The van der Waals surface area contributed by atoms with Crippen molar-refractivity contribution in [1.29, 1.82) is 0 Å². The van der Waals surface area contributed by atoms with Gasteiger partial charge >= 0.3 is 0 Å². The van der Waals surface area contributed by atoms with Gasteiger partial charge in [0.1, 0.15) is 0 Å². The second kappa shape index (κ2) is 6.74. The Morgan fingerprint density at radius 1 is 1.47 bits per heavy atom. The smallest absolute Gasteiger partial charge is 0.252 e. The van der Waals surface area contributed by atoms with Crippen LogP contribution in [0.4, 0.5) is 0 Å². The molecule has 2 heterocycles. The summed E-state index contributed by atoms with van der Waals surface area (Å²) in [5.74, 6) is 0.0354. The Labute approximate surface area is 106 Å². The fourth-order valence-electron chi connectivity index (χ4n) is 1.83. The van der Waals surface area contributed by atoms with E-state index in [1.165, 1.54) is 0 Å². The molecule has 2 rings (SSSR count). The fourth-order valence-corrected chi connectivity index (χ4v) is 2.46. The van der Waals surface area contributed by atoms with Crippen molar-refractivity contribution in [3.8, 4) is 0 Å². The van der Waals surface area contributed by atoms with Gasteiger partial charge in [0.05, 0.1) is 13.2 Å². The van der Waals surface area contributed by atoms with Crippen molar-refractivity contribution >= 4 is 17.2 Å². The van der Waals surface area contributed by atoms with E-state index in [2.05, 4.69) is 10.2 Å². The van der Waals surface area contributed by atoms with Crippen LogP contribution in [0.25, 0.3) is 0 Å². The van der Waals surface area contributed by atoms with E-state index < -0.39 is 0 Å². The molecule has 0 aliphatic carbocycles. The molecule has 0 atom stereocenters. The minimum atomic E-state index is 0.0354. The third-order valence-electron chi connectivity index (χ3n) is 2.82. The summed E-state index contributed by atoms with van der Waals surface area (Å²) in [5, 5.41) is 6.73. The second-order valence-electron chi connectivity index (χ2n) is 4.08. The van der Waals surface area contributed by atoms with Gasteiger partial charge in [0.15, 0.2) is 0 Å². The van der Waals surface area contributed by atoms with Crippen LogP contribution in [0.15, 0.2) is 16.8 Å². The van der Waals surface area contributed by atoms with E-state index in [9.17, 15) is 4.79 Å². The van der Waals surface area contributed by atoms with Gasteiger partial charge in [0.2, 0.25) is 0 Å². The molecule has 1 aromatic heterocycles. The Balaban J connectivity index is 1.58. The number of nitrogens with zero attached hydrogens (tertiary/aromatic N) is 1. The van der Waals surface area contributed by atoms with E-state index in [1.54, 1.807) is 11.3 Å². The summed E-state index contributed by atoms with van der Waals surface area (Å²) >= 11 is 1.55. The number of hydrogen-bond acceptors (Lipinski definition) is 4. The van der Waals surface area contributed by atoms with Gasteiger partial charge in [-0.3, -0.25) is 9.69 Å². The zero-order valence-electron chi connectivity index (χ0n) is 9.85. The van der Waals surface area contributed by atoms with Crippen molar-refractivity contribution in [2.75, 3.05) is 39.4 Å². The maximum absolute atomic E-state index is 11.6. The van der Waals surface area contributed by atoms with Crippen LogP contribution in [0.5, 0.6) is 0 Å². The standard InChI is InChI=1S/C12H18N2O2S/c15-12(11-2-9-17-10-11)13-3-1-4-14-5-7-16-8-6-14/h2,9-10H,1,3-8H2,(H,13,15). The summed E-state index contributed by atoms with van der Waals surface area (Å²) in [5.41, 5.74) is 0.765. The largest absolute Gasteiger partial charge is 0.379 e. The predicted octanol–water partition coefficient (Wildman–Crippen LogP) is 1.20. The highest BCUT2D eigenvalue weighted by Crippen LogP contribution is 2.05.